The fourth-order valence-corrected chi connectivity index (χ4v) is 0.988. The minimum Gasteiger partial charge on any atom is -0.385 e. The van der Waals surface area contributed by atoms with Crippen molar-refractivity contribution < 1.29 is 9.84 Å². The SMILES string of the molecule is CC.CCCCC1(O)COC1. The molecule has 68 valence electrons. The largest absolute Gasteiger partial charge is 0.385 e. The molecule has 1 heterocycles. The van der Waals surface area contributed by atoms with Gasteiger partial charge in [0, 0.05) is 0 Å². The second-order valence-electron chi connectivity index (χ2n) is 2.82. The lowest BCUT2D eigenvalue weighted by atomic mass is 9.95. The Hall–Kier alpha value is -0.0800. The summed E-state index contributed by atoms with van der Waals surface area (Å²) >= 11 is 0. The first kappa shape index (κ1) is 10.9. The van der Waals surface area contributed by atoms with Gasteiger partial charge in [0.25, 0.3) is 0 Å². The van der Waals surface area contributed by atoms with Gasteiger partial charge in [0.2, 0.25) is 0 Å². The first-order valence-corrected chi connectivity index (χ1v) is 4.57. The van der Waals surface area contributed by atoms with Crippen LogP contribution in [0, 0.1) is 0 Å². The fourth-order valence-electron chi connectivity index (χ4n) is 0.988. The van der Waals surface area contributed by atoms with Gasteiger partial charge >= 0.3 is 0 Å². The summed E-state index contributed by atoms with van der Waals surface area (Å²) in [5.41, 5.74) is -0.448. The third kappa shape index (κ3) is 3.73. The summed E-state index contributed by atoms with van der Waals surface area (Å²) in [6, 6.07) is 0. The lowest BCUT2D eigenvalue weighted by Gasteiger charge is -2.36. The van der Waals surface area contributed by atoms with E-state index in [-0.39, 0.29) is 0 Å². The summed E-state index contributed by atoms with van der Waals surface area (Å²) in [4.78, 5) is 0. The molecule has 0 spiro atoms. The summed E-state index contributed by atoms with van der Waals surface area (Å²) in [7, 11) is 0. The fraction of sp³-hybridized carbons (Fsp3) is 1.00. The first-order valence-electron chi connectivity index (χ1n) is 4.57. The van der Waals surface area contributed by atoms with Crippen LogP contribution in [0.1, 0.15) is 40.0 Å². The molecule has 0 aromatic rings. The molecule has 0 unspecified atom stereocenters. The molecule has 2 nitrogen and oxygen atoms in total. The van der Waals surface area contributed by atoms with E-state index < -0.39 is 5.60 Å². The second kappa shape index (κ2) is 5.56. The highest BCUT2D eigenvalue weighted by atomic mass is 16.5. The minimum absolute atomic E-state index is 0.448. The van der Waals surface area contributed by atoms with Gasteiger partial charge in [0.05, 0.1) is 13.2 Å². The van der Waals surface area contributed by atoms with Crippen molar-refractivity contribution in [1.29, 1.82) is 0 Å². The van der Waals surface area contributed by atoms with Crippen molar-refractivity contribution >= 4 is 0 Å². The third-order valence-corrected chi connectivity index (χ3v) is 1.74. The number of rotatable bonds is 3. The van der Waals surface area contributed by atoms with Crippen LogP contribution < -0.4 is 0 Å². The zero-order chi connectivity index (χ0) is 8.74. The lowest BCUT2D eigenvalue weighted by Crippen LogP contribution is -2.49. The van der Waals surface area contributed by atoms with Crippen molar-refractivity contribution in [3.8, 4) is 0 Å². The van der Waals surface area contributed by atoms with E-state index in [0.29, 0.717) is 13.2 Å². The zero-order valence-corrected chi connectivity index (χ0v) is 7.89. The third-order valence-electron chi connectivity index (χ3n) is 1.74. The van der Waals surface area contributed by atoms with Crippen LogP contribution in [0.3, 0.4) is 0 Å². The Morgan fingerprint density at radius 2 is 1.91 bits per heavy atom. The van der Waals surface area contributed by atoms with Gasteiger partial charge in [-0.15, -0.1) is 0 Å². The maximum absolute atomic E-state index is 9.42. The maximum Gasteiger partial charge on any atom is 0.111 e. The Labute approximate surface area is 69.6 Å². The van der Waals surface area contributed by atoms with Gasteiger partial charge in [-0.1, -0.05) is 33.6 Å². The molecule has 1 rings (SSSR count). The monoisotopic (exact) mass is 160 g/mol. The van der Waals surface area contributed by atoms with Gasteiger partial charge in [-0.2, -0.15) is 0 Å². The number of ether oxygens (including phenoxy) is 1. The maximum atomic E-state index is 9.42. The highest BCUT2D eigenvalue weighted by Gasteiger charge is 2.34. The molecule has 0 radical (unpaired) electrons. The van der Waals surface area contributed by atoms with Crippen molar-refractivity contribution in [2.45, 2.75) is 45.6 Å². The van der Waals surface area contributed by atoms with Gasteiger partial charge in [0.15, 0.2) is 0 Å². The van der Waals surface area contributed by atoms with E-state index in [1.54, 1.807) is 0 Å². The molecule has 1 saturated heterocycles. The van der Waals surface area contributed by atoms with Crippen LogP contribution in [-0.4, -0.2) is 23.9 Å². The minimum atomic E-state index is -0.448. The molecule has 0 aliphatic carbocycles. The molecule has 0 amide bonds. The van der Waals surface area contributed by atoms with Crippen molar-refractivity contribution in [2.24, 2.45) is 0 Å². The summed E-state index contributed by atoms with van der Waals surface area (Å²) < 4.78 is 4.88. The molecule has 2 heteroatoms. The summed E-state index contributed by atoms with van der Waals surface area (Å²) in [5.74, 6) is 0. The molecular formula is C9H20O2. The average Bonchev–Trinajstić information content (AvgIpc) is 2.01. The molecule has 0 saturated carbocycles. The number of aliphatic hydroxyl groups is 1. The van der Waals surface area contributed by atoms with Crippen LogP contribution in [-0.2, 0) is 4.74 Å². The number of hydrogen-bond acceptors (Lipinski definition) is 2. The van der Waals surface area contributed by atoms with Crippen molar-refractivity contribution in [1.82, 2.24) is 0 Å². The topological polar surface area (TPSA) is 29.5 Å². The van der Waals surface area contributed by atoms with Crippen LogP contribution >= 0.6 is 0 Å². The van der Waals surface area contributed by atoms with Gasteiger partial charge in [-0.3, -0.25) is 0 Å². The average molecular weight is 160 g/mol. The van der Waals surface area contributed by atoms with Crippen molar-refractivity contribution in [2.75, 3.05) is 13.2 Å². The van der Waals surface area contributed by atoms with Crippen LogP contribution in [0.2, 0.25) is 0 Å². The van der Waals surface area contributed by atoms with Crippen LogP contribution in [0.15, 0.2) is 0 Å². The predicted octanol–water partition coefficient (Wildman–Crippen LogP) is 1.96. The highest BCUT2D eigenvalue weighted by Crippen LogP contribution is 2.22. The Morgan fingerprint density at radius 3 is 2.18 bits per heavy atom. The van der Waals surface area contributed by atoms with E-state index in [1.165, 1.54) is 0 Å². The summed E-state index contributed by atoms with van der Waals surface area (Å²) in [5, 5.41) is 9.42. The molecule has 11 heavy (non-hydrogen) atoms. The smallest absolute Gasteiger partial charge is 0.111 e. The number of unbranched alkanes of at least 4 members (excludes halogenated alkanes) is 1. The molecule has 0 aromatic carbocycles. The van der Waals surface area contributed by atoms with Crippen LogP contribution in [0.25, 0.3) is 0 Å². The molecule has 1 aliphatic rings. The zero-order valence-electron chi connectivity index (χ0n) is 7.89. The Balaban J connectivity index is 0.000000461. The Bertz CT molecular complexity index is 87.6. The van der Waals surface area contributed by atoms with Crippen LogP contribution in [0.4, 0.5) is 0 Å². The quantitative estimate of drug-likeness (QED) is 0.684. The van der Waals surface area contributed by atoms with Crippen LogP contribution in [0.5, 0.6) is 0 Å². The predicted molar refractivity (Wildman–Crippen MR) is 46.6 cm³/mol. The van der Waals surface area contributed by atoms with E-state index in [9.17, 15) is 5.11 Å². The first-order chi connectivity index (χ1) is 5.27. The normalized spacial score (nSPS) is 19.6. The standard InChI is InChI=1S/C7H14O2.C2H6/c1-2-3-4-7(8)5-9-6-7;1-2/h8H,2-6H2,1H3;1-2H3. The molecule has 0 bridgehead atoms. The summed E-state index contributed by atoms with van der Waals surface area (Å²) in [6.45, 7) is 7.23. The molecule has 1 N–H and O–H groups in total. The molecule has 1 fully saturated rings. The lowest BCUT2D eigenvalue weighted by molar-refractivity contribution is -0.181. The van der Waals surface area contributed by atoms with Crippen molar-refractivity contribution in [3.05, 3.63) is 0 Å². The number of hydrogen-bond donors (Lipinski definition) is 1. The van der Waals surface area contributed by atoms with E-state index >= 15 is 0 Å². The van der Waals surface area contributed by atoms with Gasteiger partial charge in [0.1, 0.15) is 5.60 Å². The van der Waals surface area contributed by atoms with E-state index in [0.717, 1.165) is 19.3 Å². The second-order valence-corrected chi connectivity index (χ2v) is 2.82. The van der Waals surface area contributed by atoms with Gasteiger partial charge < -0.3 is 9.84 Å². The molecule has 0 atom stereocenters. The van der Waals surface area contributed by atoms with E-state index in [1.807, 2.05) is 13.8 Å². The molecule has 1 aliphatic heterocycles. The van der Waals surface area contributed by atoms with Gasteiger partial charge in [-0.25, -0.2) is 0 Å². The molecule has 0 aromatic heterocycles. The van der Waals surface area contributed by atoms with Crippen molar-refractivity contribution in [3.63, 3.8) is 0 Å². The van der Waals surface area contributed by atoms with E-state index in [2.05, 4.69) is 6.92 Å². The van der Waals surface area contributed by atoms with Gasteiger partial charge in [-0.05, 0) is 6.42 Å². The highest BCUT2D eigenvalue weighted by molar-refractivity contribution is 4.84. The Kier molecular flexibility index (Phi) is 5.51. The van der Waals surface area contributed by atoms with E-state index in [4.69, 9.17) is 4.74 Å². The Morgan fingerprint density at radius 1 is 1.36 bits per heavy atom. The summed E-state index contributed by atoms with van der Waals surface area (Å²) in [6.07, 6.45) is 3.17. The molecular weight excluding hydrogens is 140 g/mol.